The number of nitriles is 1. The molecular weight excluding hydrogens is 300 g/mol. The summed E-state index contributed by atoms with van der Waals surface area (Å²) in [6, 6.07) is 9.44. The molecule has 1 unspecified atom stereocenters. The third-order valence-electron chi connectivity index (χ3n) is 3.83. The Morgan fingerprint density at radius 1 is 1.21 bits per heavy atom. The van der Waals surface area contributed by atoms with Gasteiger partial charge >= 0.3 is 0 Å². The lowest BCUT2D eigenvalue weighted by Crippen LogP contribution is -2.11. The molecule has 2 aromatic rings. The maximum atomic E-state index is 9.43. The summed E-state index contributed by atoms with van der Waals surface area (Å²) < 4.78 is 5.84. The molecule has 0 saturated carbocycles. The Balaban J connectivity index is 2.22. The van der Waals surface area contributed by atoms with Crippen LogP contribution < -0.4 is 16.2 Å². The van der Waals surface area contributed by atoms with Crippen LogP contribution in [0.15, 0.2) is 30.5 Å². The zero-order valence-electron chi connectivity index (χ0n) is 14.4. The summed E-state index contributed by atoms with van der Waals surface area (Å²) in [7, 11) is 0. The van der Waals surface area contributed by atoms with Crippen LogP contribution in [0, 0.1) is 23.2 Å². The maximum Gasteiger partial charge on any atom is 0.147 e. The second-order valence-corrected chi connectivity index (χ2v) is 6.53. The van der Waals surface area contributed by atoms with Gasteiger partial charge in [0, 0.05) is 11.8 Å². The third-order valence-corrected chi connectivity index (χ3v) is 3.83. The molecule has 1 atom stereocenters. The van der Waals surface area contributed by atoms with Gasteiger partial charge in [0.05, 0.1) is 17.9 Å². The van der Waals surface area contributed by atoms with Crippen LogP contribution in [0.2, 0.25) is 0 Å². The van der Waals surface area contributed by atoms with Crippen molar-refractivity contribution in [2.75, 3.05) is 18.1 Å². The fraction of sp³-hybridized carbons (Fsp3) is 0.368. The first-order valence-electron chi connectivity index (χ1n) is 8.09. The third kappa shape index (κ3) is 4.17. The molecule has 0 saturated heterocycles. The van der Waals surface area contributed by atoms with Crippen molar-refractivity contribution in [3.8, 4) is 22.9 Å². The van der Waals surface area contributed by atoms with Gasteiger partial charge in [-0.3, -0.25) is 0 Å². The molecule has 1 heterocycles. The van der Waals surface area contributed by atoms with Crippen molar-refractivity contribution in [3.05, 3.63) is 36.0 Å². The van der Waals surface area contributed by atoms with E-state index in [2.05, 4.69) is 31.8 Å². The minimum atomic E-state index is 0.286. The van der Waals surface area contributed by atoms with Crippen molar-refractivity contribution in [2.24, 2.45) is 11.8 Å². The fourth-order valence-electron chi connectivity index (χ4n) is 2.76. The second-order valence-electron chi connectivity index (χ2n) is 6.53. The number of aromatic nitrogens is 1. The van der Waals surface area contributed by atoms with Gasteiger partial charge < -0.3 is 16.2 Å². The summed E-state index contributed by atoms with van der Waals surface area (Å²) in [5, 5.41) is 9.43. The summed E-state index contributed by atoms with van der Waals surface area (Å²) in [5.74, 6) is 1.94. The minimum absolute atomic E-state index is 0.286. The maximum absolute atomic E-state index is 9.43. The van der Waals surface area contributed by atoms with E-state index in [0.29, 0.717) is 35.4 Å². The highest BCUT2D eigenvalue weighted by atomic mass is 16.5. The Labute approximate surface area is 143 Å². The van der Waals surface area contributed by atoms with E-state index >= 15 is 0 Å². The highest BCUT2D eigenvalue weighted by Gasteiger charge is 2.12. The van der Waals surface area contributed by atoms with E-state index in [1.165, 1.54) is 0 Å². The van der Waals surface area contributed by atoms with Crippen molar-refractivity contribution in [2.45, 2.75) is 27.2 Å². The lowest BCUT2D eigenvalue weighted by molar-refractivity contribution is 0.238. The Morgan fingerprint density at radius 2 is 1.96 bits per heavy atom. The van der Waals surface area contributed by atoms with Crippen LogP contribution in [0.3, 0.4) is 0 Å². The molecule has 0 spiro atoms. The first-order chi connectivity index (χ1) is 11.4. The van der Waals surface area contributed by atoms with Gasteiger partial charge in [-0.2, -0.15) is 5.26 Å². The van der Waals surface area contributed by atoms with E-state index in [0.717, 1.165) is 17.5 Å². The Kier molecular flexibility index (Phi) is 5.64. The molecule has 0 bridgehead atoms. The van der Waals surface area contributed by atoms with Gasteiger partial charge in [-0.25, -0.2) is 4.98 Å². The number of nitrogens with two attached hydrogens (primary N) is 2. The van der Waals surface area contributed by atoms with E-state index in [1.807, 2.05) is 12.1 Å². The van der Waals surface area contributed by atoms with Gasteiger partial charge in [-0.1, -0.05) is 26.8 Å². The van der Waals surface area contributed by atoms with E-state index in [1.54, 1.807) is 18.3 Å². The molecule has 24 heavy (non-hydrogen) atoms. The molecule has 4 N–H and O–H groups in total. The van der Waals surface area contributed by atoms with Gasteiger partial charge in [0.2, 0.25) is 0 Å². The van der Waals surface area contributed by atoms with Gasteiger partial charge in [0.25, 0.3) is 0 Å². The monoisotopic (exact) mass is 324 g/mol. The number of nitrogens with zero attached hydrogens (tertiary/aromatic N) is 2. The molecular formula is C19H24N4O. The van der Waals surface area contributed by atoms with E-state index in [-0.39, 0.29) is 5.82 Å². The molecule has 0 aliphatic heterocycles. The molecule has 0 aliphatic carbocycles. The van der Waals surface area contributed by atoms with Crippen molar-refractivity contribution in [1.82, 2.24) is 4.98 Å². The molecule has 5 nitrogen and oxygen atoms in total. The smallest absolute Gasteiger partial charge is 0.147 e. The lowest BCUT2D eigenvalue weighted by Gasteiger charge is -2.16. The van der Waals surface area contributed by atoms with Gasteiger partial charge in [-0.15, -0.1) is 0 Å². The molecule has 0 amide bonds. The predicted molar refractivity (Wildman–Crippen MR) is 97.3 cm³/mol. The van der Waals surface area contributed by atoms with Gasteiger partial charge in [0.1, 0.15) is 17.6 Å². The number of nitrogen functional groups attached to an aromatic ring is 2. The summed E-state index contributed by atoms with van der Waals surface area (Å²) in [6.45, 7) is 7.13. The minimum Gasteiger partial charge on any atom is -0.492 e. The number of ether oxygens (including phenoxy) is 1. The lowest BCUT2D eigenvalue weighted by atomic mass is 9.99. The predicted octanol–water partition coefficient (Wildman–Crippen LogP) is 3.85. The average Bonchev–Trinajstić information content (AvgIpc) is 2.54. The normalized spacial score (nSPS) is 12.0. The van der Waals surface area contributed by atoms with Crippen LogP contribution in [-0.4, -0.2) is 11.6 Å². The van der Waals surface area contributed by atoms with Crippen LogP contribution >= 0.6 is 0 Å². The van der Waals surface area contributed by atoms with Crippen molar-refractivity contribution in [1.29, 1.82) is 5.26 Å². The number of anilines is 2. The number of hydrogen-bond acceptors (Lipinski definition) is 5. The molecule has 126 valence electrons. The van der Waals surface area contributed by atoms with Crippen LogP contribution in [0.1, 0.15) is 32.8 Å². The van der Waals surface area contributed by atoms with E-state index in [4.69, 9.17) is 16.2 Å². The van der Waals surface area contributed by atoms with Crippen LogP contribution in [-0.2, 0) is 0 Å². The molecule has 1 aromatic heterocycles. The first kappa shape index (κ1) is 17.6. The van der Waals surface area contributed by atoms with Crippen molar-refractivity contribution < 1.29 is 4.74 Å². The van der Waals surface area contributed by atoms with Crippen LogP contribution in [0.5, 0.6) is 5.75 Å². The SMILES string of the molecule is CC(C)CC(C)COc1ccc(-c2ccnc(N)c2N)cc1C#N. The highest BCUT2D eigenvalue weighted by Crippen LogP contribution is 2.32. The number of benzene rings is 1. The second kappa shape index (κ2) is 7.69. The number of rotatable bonds is 6. The Morgan fingerprint density at radius 3 is 2.62 bits per heavy atom. The first-order valence-corrected chi connectivity index (χ1v) is 8.09. The topological polar surface area (TPSA) is 97.9 Å². The quantitative estimate of drug-likeness (QED) is 0.841. The molecule has 2 rings (SSSR count). The number of pyridine rings is 1. The van der Waals surface area contributed by atoms with Crippen LogP contribution in [0.4, 0.5) is 11.5 Å². The summed E-state index contributed by atoms with van der Waals surface area (Å²) in [6.07, 6.45) is 2.69. The highest BCUT2D eigenvalue weighted by molar-refractivity contribution is 5.83. The molecule has 1 aromatic carbocycles. The largest absolute Gasteiger partial charge is 0.492 e. The van der Waals surface area contributed by atoms with Crippen LogP contribution in [0.25, 0.3) is 11.1 Å². The Bertz CT molecular complexity index is 750. The standard InChI is InChI=1S/C19H24N4O/c1-12(2)8-13(3)11-24-17-5-4-14(9-15(17)10-20)16-6-7-23-19(22)18(16)21/h4-7,9,12-13H,8,11,21H2,1-3H3,(H2,22,23). The van der Waals surface area contributed by atoms with Crippen molar-refractivity contribution in [3.63, 3.8) is 0 Å². The van der Waals surface area contributed by atoms with Gasteiger partial charge in [-0.05, 0) is 42.0 Å². The molecule has 5 heteroatoms. The summed E-state index contributed by atoms with van der Waals surface area (Å²) >= 11 is 0. The Hall–Kier alpha value is -2.74. The molecule has 0 radical (unpaired) electrons. The van der Waals surface area contributed by atoms with E-state index in [9.17, 15) is 5.26 Å². The average molecular weight is 324 g/mol. The molecule has 0 fully saturated rings. The fourth-order valence-corrected chi connectivity index (χ4v) is 2.76. The zero-order chi connectivity index (χ0) is 17.7. The summed E-state index contributed by atoms with van der Waals surface area (Å²) in [4.78, 5) is 3.96. The number of hydrogen-bond donors (Lipinski definition) is 2. The summed E-state index contributed by atoms with van der Waals surface area (Å²) in [5.41, 5.74) is 14.2. The van der Waals surface area contributed by atoms with E-state index < -0.39 is 0 Å². The van der Waals surface area contributed by atoms with Gasteiger partial charge in [0.15, 0.2) is 0 Å². The van der Waals surface area contributed by atoms with Crippen molar-refractivity contribution >= 4 is 11.5 Å². The molecule has 0 aliphatic rings. The zero-order valence-corrected chi connectivity index (χ0v) is 14.4.